The van der Waals surface area contributed by atoms with Crippen LogP contribution in [0.25, 0.3) is 0 Å². The molecular weight excluding hydrogens is 1210 g/mol. The average molecular weight is 1310 g/mol. The van der Waals surface area contributed by atoms with Crippen molar-refractivity contribution in [1.82, 2.24) is 52.3 Å². The highest BCUT2D eigenvalue weighted by Gasteiger charge is 2.42. The molecule has 506 valence electrons. The molecule has 32 heteroatoms. The van der Waals surface area contributed by atoms with Crippen molar-refractivity contribution in [2.24, 2.45) is 45.1 Å². The lowest BCUT2D eigenvalue weighted by atomic mass is 10.0. The van der Waals surface area contributed by atoms with Crippen LogP contribution < -0.4 is 82.7 Å². The van der Waals surface area contributed by atoms with Crippen LogP contribution in [0.3, 0.4) is 0 Å². The molecule has 2 aliphatic heterocycles. The Bertz CT molecular complexity index is 2890. The van der Waals surface area contributed by atoms with Gasteiger partial charge in [-0.1, -0.05) is 60.7 Å². The minimum Gasteiger partial charge on any atom is -0.370 e. The lowest BCUT2D eigenvalue weighted by Gasteiger charge is -2.32. The maximum absolute atomic E-state index is 14.5. The van der Waals surface area contributed by atoms with Crippen LogP contribution in [0.4, 0.5) is 0 Å². The standard InChI is InChI=1S/C60H92N18O13S/c1-35(51(83)69-34-49(81)71-43(32-36-14-5-3-6-15-36)55(87)72-39(50(65)82)26-31-92-2)70-54(86)44(33-37-16-7-4-8-17-37)76-53(85)40(22-24-47(63)79)73-52(84)41(23-25-48(64)80)74-56(88)46-21-13-30-78(46)59(91)42(19-9-10-27-61)75-57(89)45-20-12-29-77(45)58(90)38(62)18-11-28-68-60(66)67/h3-8,14-17,35,38-46H,9-13,18-34,61-62H2,1-2H3,(H2,63,79)(H2,64,80)(H2,65,82)(H,69,83)(H,70,86)(H,71,81)(H,72,87)(H,73,84)(H,74,88)(H,75,89)(H,76,85)(H4,66,67,68)/t35-,38+,39+,40+,41+,42+,43+,44+,45+,46+/m1/s1. The van der Waals surface area contributed by atoms with Crippen molar-refractivity contribution < 1.29 is 62.3 Å². The van der Waals surface area contributed by atoms with Crippen molar-refractivity contribution in [2.75, 3.05) is 44.7 Å². The molecule has 2 aromatic carbocycles. The second kappa shape index (κ2) is 39.4. The number of thioether (sulfide) groups is 1. The molecule has 0 unspecified atom stereocenters. The van der Waals surface area contributed by atoms with Crippen molar-refractivity contribution in [2.45, 2.75) is 170 Å². The number of carbonyl (C=O) groups is 13. The van der Waals surface area contributed by atoms with E-state index in [9.17, 15) is 62.3 Å². The Morgan fingerprint density at radius 1 is 0.543 bits per heavy atom. The monoisotopic (exact) mass is 1300 g/mol. The van der Waals surface area contributed by atoms with E-state index in [2.05, 4.69) is 47.5 Å². The first-order valence-electron chi connectivity index (χ1n) is 30.8. The number of hydrogen-bond acceptors (Lipinski definition) is 17. The largest absolute Gasteiger partial charge is 0.370 e. The minimum absolute atomic E-state index is 0.0166. The molecule has 22 N–H and O–H groups in total. The van der Waals surface area contributed by atoms with Gasteiger partial charge in [-0.3, -0.25) is 67.3 Å². The second-order valence-electron chi connectivity index (χ2n) is 22.7. The number of likely N-dealkylation sites (tertiary alicyclic amines) is 2. The first-order chi connectivity index (χ1) is 43.8. The summed E-state index contributed by atoms with van der Waals surface area (Å²) >= 11 is 1.44. The van der Waals surface area contributed by atoms with Gasteiger partial charge in [-0.05, 0) is 114 Å². The number of aliphatic imine (C=N–C) groups is 1. The van der Waals surface area contributed by atoms with Gasteiger partial charge >= 0.3 is 0 Å². The number of carbonyl (C=O) groups excluding carboxylic acids is 13. The molecule has 0 saturated carbocycles. The third kappa shape index (κ3) is 25.8. The molecule has 10 atom stereocenters. The second-order valence-corrected chi connectivity index (χ2v) is 23.7. The summed E-state index contributed by atoms with van der Waals surface area (Å²) in [6.07, 6.45) is 3.12. The third-order valence-corrected chi connectivity index (χ3v) is 16.1. The first-order valence-corrected chi connectivity index (χ1v) is 32.2. The fourth-order valence-electron chi connectivity index (χ4n) is 10.5. The predicted octanol–water partition coefficient (Wildman–Crippen LogP) is -4.74. The maximum Gasteiger partial charge on any atom is 0.245 e. The van der Waals surface area contributed by atoms with Crippen LogP contribution in [-0.2, 0) is 75.2 Å². The van der Waals surface area contributed by atoms with E-state index in [0.29, 0.717) is 55.4 Å². The van der Waals surface area contributed by atoms with E-state index in [-0.39, 0.29) is 70.7 Å². The van der Waals surface area contributed by atoms with Gasteiger partial charge < -0.3 is 92.5 Å². The van der Waals surface area contributed by atoms with E-state index >= 15 is 0 Å². The van der Waals surface area contributed by atoms with Gasteiger partial charge in [0.05, 0.1) is 12.6 Å². The highest BCUT2D eigenvalue weighted by molar-refractivity contribution is 7.98. The molecule has 2 saturated heterocycles. The van der Waals surface area contributed by atoms with Crippen molar-refractivity contribution in [1.29, 1.82) is 0 Å². The van der Waals surface area contributed by atoms with Crippen LogP contribution >= 0.6 is 11.8 Å². The number of amides is 13. The van der Waals surface area contributed by atoms with E-state index in [0.717, 1.165) is 0 Å². The summed E-state index contributed by atoms with van der Waals surface area (Å²) < 4.78 is 0. The van der Waals surface area contributed by atoms with Crippen molar-refractivity contribution in [3.05, 3.63) is 71.8 Å². The highest BCUT2D eigenvalue weighted by atomic mass is 32.2. The van der Waals surface area contributed by atoms with Gasteiger partial charge in [-0.25, -0.2) is 0 Å². The van der Waals surface area contributed by atoms with Gasteiger partial charge in [0.15, 0.2) is 5.96 Å². The number of nitrogens with two attached hydrogens (primary N) is 7. The molecule has 0 aromatic heterocycles. The number of benzene rings is 2. The van der Waals surface area contributed by atoms with Crippen LogP contribution in [0.15, 0.2) is 65.7 Å². The number of nitrogens with one attached hydrogen (secondary N) is 8. The number of nitrogens with zero attached hydrogens (tertiary/aromatic N) is 3. The zero-order valence-electron chi connectivity index (χ0n) is 52.2. The normalized spacial score (nSPS) is 16.9. The Balaban J connectivity index is 1.49. The summed E-state index contributed by atoms with van der Waals surface area (Å²) in [5, 5.41) is 20.7. The third-order valence-electron chi connectivity index (χ3n) is 15.4. The lowest BCUT2D eigenvalue weighted by Crippen LogP contribution is -2.60. The summed E-state index contributed by atoms with van der Waals surface area (Å²) in [6, 6.07) is 4.64. The van der Waals surface area contributed by atoms with Gasteiger partial charge in [0.1, 0.15) is 54.4 Å². The average Bonchev–Trinajstić information content (AvgIpc) is 3.72. The van der Waals surface area contributed by atoms with Gasteiger partial charge in [0.2, 0.25) is 76.8 Å². The van der Waals surface area contributed by atoms with E-state index < -0.39 is 169 Å². The van der Waals surface area contributed by atoms with Gasteiger partial charge in [-0.2, -0.15) is 11.8 Å². The Kier molecular flexibility index (Phi) is 32.3. The van der Waals surface area contributed by atoms with Gasteiger partial charge in [0.25, 0.3) is 0 Å². The number of guanidine groups is 1. The van der Waals surface area contributed by atoms with Crippen LogP contribution in [0.1, 0.15) is 108 Å². The molecule has 4 rings (SSSR count). The lowest BCUT2D eigenvalue weighted by molar-refractivity contribution is -0.144. The number of unbranched alkanes of at least 4 members (excludes halogenated alkanes) is 1. The zero-order valence-corrected chi connectivity index (χ0v) is 53.0. The SMILES string of the molecule is CSCC[C@H](NC(=O)[C@H](Cc1ccccc1)NC(=O)CNC(=O)[C@@H](C)NC(=O)[C@H](Cc1ccccc1)NC(=O)[C@H](CCC(N)=O)NC(=O)[C@H](CCC(N)=O)NC(=O)[C@@H]1CCCN1C(=O)[C@H](CCCCN)NC(=O)[C@@H]1CCCN1C(=O)[C@@H](N)CCCN=C(N)N)C(N)=O. The molecule has 2 heterocycles. The van der Waals surface area contributed by atoms with Gasteiger partial charge in [0, 0.05) is 45.3 Å². The van der Waals surface area contributed by atoms with E-state index in [4.69, 9.17) is 40.1 Å². The van der Waals surface area contributed by atoms with E-state index in [1.165, 1.54) is 28.5 Å². The van der Waals surface area contributed by atoms with Crippen molar-refractivity contribution >= 4 is 94.5 Å². The Morgan fingerprint density at radius 2 is 1.02 bits per heavy atom. The molecule has 92 heavy (non-hydrogen) atoms. The minimum atomic E-state index is -1.63. The van der Waals surface area contributed by atoms with E-state index in [1.54, 1.807) is 60.7 Å². The molecule has 31 nitrogen and oxygen atoms in total. The molecule has 2 aliphatic rings. The van der Waals surface area contributed by atoms with Crippen LogP contribution in [-0.4, -0.2) is 198 Å². The predicted molar refractivity (Wildman–Crippen MR) is 342 cm³/mol. The number of primary amides is 3. The number of rotatable bonds is 40. The number of hydrogen-bond donors (Lipinski definition) is 15. The first kappa shape index (κ1) is 75.5. The quantitative estimate of drug-likeness (QED) is 0.0169. The summed E-state index contributed by atoms with van der Waals surface area (Å²) in [7, 11) is 0. The molecule has 0 aliphatic carbocycles. The molecular formula is C60H92N18O13S. The topological polar surface area (TPSA) is 519 Å². The summed E-state index contributed by atoms with van der Waals surface area (Å²) in [6.45, 7) is 1.52. The van der Waals surface area contributed by atoms with E-state index in [1.807, 2.05) is 6.26 Å². The zero-order chi connectivity index (χ0) is 67.9. The molecule has 13 amide bonds. The Hall–Kier alpha value is -8.91. The summed E-state index contributed by atoms with van der Waals surface area (Å²) in [5.74, 6) is -9.81. The Labute approximate surface area is 538 Å². The maximum atomic E-state index is 14.5. The molecule has 2 fully saturated rings. The fraction of sp³-hybridized carbons (Fsp3) is 0.567. The molecule has 0 radical (unpaired) electrons. The summed E-state index contributed by atoms with van der Waals surface area (Å²) in [5.41, 5.74) is 40.6. The van der Waals surface area contributed by atoms with Crippen LogP contribution in [0, 0.1) is 0 Å². The van der Waals surface area contributed by atoms with Crippen LogP contribution in [0.2, 0.25) is 0 Å². The van der Waals surface area contributed by atoms with Gasteiger partial charge in [-0.15, -0.1) is 0 Å². The smallest absolute Gasteiger partial charge is 0.245 e. The fourth-order valence-corrected chi connectivity index (χ4v) is 10.9. The highest BCUT2D eigenvalue weighted by Crippen LogP contribution is 2.23. The van der Waals surface area contributed by atoms with Crippen LogP contribution in [0.5, 0.6) is 0 Å². The Morgan fingerprint density at radius 3 is 1.53 bits per heavy atom. The van der Waals surface area contributed by atoms with Crippen molar-refractivity contribution in [3.8, 4) is 0 Å². The molecule has 0 bridgehead atoms. The molecule has 0 spiro atoms. The van der Waals surface area contributed by atoms with Crippen molar-refractivity contribution in [3.63, 3.8) is 0 Å². The summed E-state index contributed by atoms with van der Waals surface area (Å²) in [4.78, 5) is 183. The molecule has 2 aromatic rings.